The van der Waals surface area contributed by atoms with Crippen LogP contribution in [0.1, 0.15) is 25.0 Å². The van der Waals surface area contributed by atoms with Gasteiger partial charge in [0.1, 0.15) is 0 Å². The van der Waals surface area contributed by atoms with Gasteiger partial charge in [-0.15, -0.1) is 0 Å². The predicted molar refractivity (Wildman–Crippen MR) is 117 cm³/mol. The van der Waals surface area contributed by atoms with Gasteiger partial charge in [-0.1, -0.05) is 24.3 Å². The van der Waals surface area contributed by atoms with Crippen LogP contribution < -0.4 is 15.5 Å². The molecule has 0 bridgehead atoms. The fourth-order valence-electron chi connectivity index (χ4n) is 3.76. The van der Waals surface area contributed by atoms with Crippen molar-refractivity contribution in [2.24, 2.45) is 0 Å². The minimum atomic E-state index is -0.341. The molecule has 3 unspecified atom stereocenters. The van der Waals surface area contributed by atoms with Crippen molar-refractivity contribution >= 4 is 17.4 Å². The number of aliphatic hydroxyl groups excluding tert-OH is 1. The molecule has 6 nitrogen and oxygen atoms in total. The van der Waals surface area contributed by atoms with Crippen LogP contribution in [0.2, 0.25) is 0 Å². The summed E-state index contributed by atoms with van der Waals surface area (Å²) in [6, 6.07) is 15.2. The van der Waals surface area contributed by atoms with E-state index in [0.29, 0.717) is 12.1 Å². The van der Waals surface area contributed by atoms with E-state index in [1.54, 1.807) is 0 Å². The van der Waals surface area contributed by atoms with Crippen LogP contribution in [-0.2, 0) is 11.2 Å². The first-order chi connectivity index (χ1) is 13.9. The SMILES string of the molecule is Cc1ccccc1CC(CO)NC(=O)Nc1ccc(N2CC(C)OC(C)C2)cc1. The number of aliphatic hydroxyl groups is 1. The molecule has 0 radical (unpaired) electrons. The largest absolute Gasteiger partial charge is 0.394 e. The Morgan fingerprint density at radius 2 is 1.79 bits per heavy atom. The van der Waals surface area contributed by atoms with Gasteiger partial charge in [-0.05, 0) is 62.6 Å². The van der Waals surface area contributed by atoms with Gasteiger partial charge in [0.2, 0.25) is 0 Å². The number of urea groups is 1. The van der Waals surface area contributed by atoms with Gasteiger partial charge in [-0.3, -0.25) is 0 Å². The van der Waals surface area contributed by atoms with Gasteiger partial charge in [-0.2, -0.15) is 0 Å². The van der Waals surface area contributed by atoms with E-state index in [4.69, 9.17) is 4.74 Å². The molecule has 0 spiro atoms. The van der Waals surface area contributed by atoms with E-state index in [1.807, 2.05) is 55.5 Å². The normalized spacial score (nSPS) is 20.2. The maximum atomic E-state index is 12.4. The second-order valence-corrected chi connectivity index (χ2v) is 7.82. The van der Waals surface area contributed by atoms with Gasteiger partial charge in [0.15, 0.2) is 0 Å². The average Bonchev–Trinajstić information content (AvgIpc) is 2.69. The minimum Gasteiger partial charge on any atom is -0.394 e. The van der Waals surface area contributed by atoms with Gasteiger partial charge in [0, 0.05) is 24.5 Å². The second kappa shape index (κ2) is 9.76. The number of morpholine rings is 1. The molecule has 0 saturated carbocycles. The van der Waals surface area contributed by atoms with Crippen LogP contribution in [0.15, 0.2) is 48.5 Å². The molecule has 156 valence electrons. The third-order valence-electron chi connectivity index (χ3n) is 5.19. The van der Waals surface area contributed by atoms with Crippen LogP contribution in [0.3, 0.4) is 0 Å². The second-order valence-electron chi connectivity index (χ2n) is 7.82. The molecule has 1 fully saturated rings. The molecule has 0 aromatic heterocycles. The highest BCUT2D eigenvalue weighted by Gasteiger charge is 2.22. The molecule has 0 aliphatic carbocycles. The number of carbonyl (C=O) groups is 1. The number of hydrogen-bond donors (Lipinski definition) is 3. The highest BCUT2D eigenvalue weighted by Crippen LogP contribution is 2.22. The molecule has 2 aromatic carbocycles. The first kappa shape index (κ1) is 21.1. The van der Waals surface area contributed by atoms with Crippen LogP contribution in [-0.4, -0.2) is 49.1 Å². The molecule has 2 amide bonds. The van der Waals surface area contributed by atoms with Crippen molar-refractivity contribution < 1.29 is 14.6 Å². The lowest BCUT2D eigenvalue weighted by Gasteiger charge is -2.36. The minimum absolute atomic E-state index is 0.117. The number of nitrogens with zero attached hydrogens (tertiary/aromatic N) is 1. The summed E-state index contributed by atoms with van der Waals surface area (Å²) in [4.78, 5) is 14.7. The smallest absolute Gasteiger partial charge is 0.319 e. The van der Waals surface area contributed by atoms with Gasteiger partial charge >= 0.3 is 6.03 Å². The van der Waals surface area contributed by atoms with Crippen molar-refractivity contribution in [2.75, 3.05) is 29.9 Å². The Hall–Kier alpha value is -2.57. The van der Waals surface area contributed by atoms with Crippen molar-refractivity contribution in [3.63, 3.8) is 0 Å². The topological polar surface area (TPSA) is 73.8 Å². The van der Waals surface area contributed by atoms with Gasteiger partial charge in [0.25, 0.3) is 0 Å². The lowest BCUT2D eigenvalue weighted by atomic mass is 10.0. The van der Waals surface area contributed by atoms with Crippen LogP contribution in [0.4, 0.5) is 16.2 Å². The summed E-state index contributed by atoms with van der Waals surface area (Å²) >= 11 is 0. The molecule has 3 rings (SSSR count). The number of nitrogens with one attached hydrogen (secondary N) is 2. The lowest BCUT2D eigenvalue weighted by Crippen LogP contribution is -2.45. The number of aryl methyl sites for hydroxylation is 1. The van der Waals surface area contributed by atoms with E-state index in [9.17, 15) is 9.90 Å². The van der Waals surface area contributed by atoms with Crippen molar-refractivity contribution in [1.29, 1.82) is 0 Å². The number of carbonyl (C=O) groups excluding carboxylic acids is 1. The molecule has 1 aliphatic heterocycles. The van der Waals surface area contributed by atoms with Crippen molar-refractivity contribution in [1.82, 2.24) is 5.32 Å². The van der Waals surface area contributed by atoms with Gasteiger partial charge < -0.3 is 25.4 Å². The Kier molecular flexibility index (Phi) is 7.12. The lowest BCUT2D eigenvalue weighted by molar-refractivity contribution is -0.00521. The molecule has 1 aliphatic rings. The van der Waals surface area contributed by atoms with Crippen LogP contribution in [0.25, 0.3) is 0 Å². The monoisotopic (exact) mass is 397 g/mol. The van der Waals surface area contributed by atoms with E-state index in [1.165, 1.54) is 0 Å². The molecule has 3 atom stereocenters. The Labute approximate surface area is 172 Å². The summed E-state index contributed by atoms with van der Waals surface area (Å²) in [7, 11) is 0. The molecular formula is C23H31N3O3. The summed E-state index contributed by atoms with van der Waals surface area (Å²) in [5, 5.41) is 15.4. The Balaban J connectivity index is 1.55. The number of benzene rings is 2. The van der Waals surface area contributed by atoms with Gasteiger partial charge in [-0.25, -0.2) is 4.79 Å². The van der Waals surface area contributed by atoms with E-state index in [2.05, 4.69) is 29.4 Å². The Morgan fingerprint density at radius 3 is 2.41 bits per heavy atom. The van der Waals surface area contributed by atoms with Crippen molar-refractivity contribution in [2.45, 2.75) is 45.4 Å². The Bertz CT molecular complexity index is 799. The number of anilines is 2. The maximum absolute atomic E-state index is 12.4. The fraction of sp³-hybridized carbons (Fsp3) is 0.435. The standard InChI is InChI=1S/C23H31N3O3/c1-16-6-4-5-7-19(16)12-21(15-27)25-23(28)24-20-8-10-22(11-9-20)26-13-17(2)29-18(3)14-26/h4-11,17-18,21,27H,12-15H2,1-3H3,(H2,24,25,28). The molecule has 3 N–H and O–H groups in total. The zero-order valence-electron chi connectivity index (χ0n) is 17.4. The third kappa shape index (κ3) is 5.95. The molecule has 29 heavy (non-hydrogen) atoms. The van der Waals surface area contributed by atoms with Crippen molar-refractivity contribution in [3.05, 3.63) is 59.7 Å². The summed E-state index contributed by atoms with van der Waals surface area (Å²) in [6.45, 7) is 7.79. The van der Waals surface area contributed by atoms with Crippen LogP contribution in [0, 0.1) is 6.92 Å². The van der Waals surface area contributed by atoms with E-state index in [-0.39, 0.29) is 30.9 Å². The first-order valence-electron chi connectivity index (χ1n) is 10.2. The summed E-state index contributed by atoms with van der Waals surface area (Å²) in [5.74, 6) is 0. The predicted octanol–water partition coefficient (Wildman–Crippen LogP) is 3.33. The zero-order chi connectivity index (χ0) is 20.8. The van der Waals surface area contributed by atoms with Crippen LogP contribution >= 0.6 is 0 Å². The molecule has 1 saturated heterocycles. The number of amides is 2. The summed E-state index contributed by atoms with van der Waals surface area (Å²) in [5.41, 5.74) is 4.10. The highest BCUT2D eigenvalue weighted by atomic mass is 16.5. The molecule has 2 aromatic rings. The maximum Gasteiger partial charge on any atom is 0.319 e. The summed E-state index contributed by atoms with van der Waals surface area (Å²) < 4.78 is 5.78. The fourth-order valence-corrected chi connectivity index (χ4v) is 3.76. The zero-order valence-corrected chi connectivity index (χ0v) is 17.4. The number of rotatable bonds is 6. The number of hydrogen-bond acceptors (Lipinski definition) is 4. The third-order valence-corrected chi connectivity index (χ3v) is 5.19. The van der Waals surface area contributed by atoms with Gasteiger partial charge in [0.05, 0.1) is 24.9 Å². The molecule has 6 heteroatoms. The Morgan fingerprint density at radius 1 is 1.14 bits per heavy atom. The highest BCUT2D eigenvalue weighted by molar-refractivity contribution is 5.89. The quantitative estimate of drug-likeness (QED) is 0.699. The first-order valence-corrected chi connectivity index (χ1v) is 10.2. The van der Waals surface area contributed by atoms with Crippen LogP contribution in [0.5, 0.6) is 0 Å². The van der Waals surface area contributed by atoms with E-state index < -0.39 is 0 Å². The molecular weight excluding hydrogens is 366 g/mol. The summed E-state index contributed by atoms with van der Waals surface area (Å²) in [6.07, 6.45) is 0.986. The number of ether oxygens (including phenoxy) is 1. The molecule has 1 heterocycles. The van der Waals surface area contributed by atoms with E-state index >= 15 is 0 Å². The average molecular weight is 398 g/mol. The van der Waals surface area contributed by atoms with E-state index in [0.717, 1.165) is 29.9 Å². The van der Waals surface area contributed by atoms with Crippen molar-refractivity contribution in [3.8, 4) is 0 Å².